The highest BCUT2D eigenvalue weighted by molar-refractivity contribution is 7.11. The quantitative estimate of drug-likeness (QED) is 0.849. The monoisotopic (exact) mass is 238 g/mol. The predicted octanol–water partition coefficient (Wildman–Crippen LogP) is 3.46. The van der Waals surface area contributed by atoms with Gasteiger partial charge in [-0.15, -0.1) is 11.3 Å². The van der Waals surface area contributed by atoms with Gasteiger partial charge in [0.25, 0.3) is 0 Å². The van der Waals surface area contributed by atoms with Crippen molar-refractivity contribution < 1.29 is 0 Å². The number of hydrogen-bond donors (Lipinski definition) is 1. The molecule has 0 unspecified atom stereocenters. The Morgan fingerprint density at radius 3 is 2.75 bits per heavy atom. The van der Waals surface area contributed by atoms with E-state index in [-0.39, 0.29) is 0 Å². The number of nitrogens with one attached hydrogen (secondary N) is 1. The first-order valence-corrected chi connectivity index (χ1v) is 7.15. The van der Waals surface area contributed by atoms with Gasteiger partial charge in [-0.2, -0.15) is 0 Å². The lowest BCUT2D eigenvalue weighted by molar-refractivity contribution is 0.418. The van der Waals surface area contributed by atoms with Crippen molar-refractivity contribution in [2.75, 3.05) is 6.54 Å². The minimum absolute atomic E-state index is 0.722. The van der Waals surface area contributed by atoms with Gasteiger partial charge >= 0.3 is 0 Å². The van der Waals surface area contributed by atoms with Crippen molar-refractivity contribution in [2.24, 2.45) is 5.92 Å². The zero-order valence-corrected chi connectivity index (χ0v) is 11.4. The summed E-state index contributed by atoms with van der Waals surface area (Å²) >= 11 is 1.92. The second-order valence-corrected chi connectivity index (χ2v) is 6.33. The molecule has 0 amide bonds. The number of rotatable bonds is 5. The van der Waals surface area contributed by atoms with E-state index in [0.717, 1.165) is 24.9 Å². The van der Waals surface area contributed by atoms with Crippen LogP contribution < -0.4 is 5.32 Å². The van der Waals surface area contributed by atoms with Gasteiger partial charge in [0.15, 0.2) is 0 Å². The average Bonchev–Trinajstić information content (AvgIpc) is 2.44. The first-order valence-electron chi connectivity index (χ1n) is 6.33. The summed E-state index contributed by atoms with van der Waals surface area (Å²) in [4.78, 5) is 6.14. The second-order valence-electron chi connectivity index (χ2n) is 5.21. The molecule has 0 radical (unpaired) electrons. The van der Waals surface area contributed by atoms with Gasteiger partial charge < -0.3 is 5.32 Å². The molecule has 0 spiro atoms. The Kier molecular flexibility index (Phi) is 3.98. The SMILES string of the molecule is Cc1nc(C2CCC2)sc1CNCC(C)C. The molecule has 1 heterocycles. The van der Waals surface area contributed by atoms with E-state index in [1.807, 2.05) is 11.3 Å². The molecule has 90 valence electrons. The van der Waals surface area contributed by atoms with Gasteiger partial charge in [0.2, 0.25) is 0 Å². The van der Waals surface area contributed by atoms with Crippen LogP contribution in [0, 0.1) is 12.8 Å². The maximum Gasteiger partial charge on any atom is 0.0962 e. The lowest BCUT2D eigenvalue weighted by Crippen LogP contribution is -2.18. The van der Waals surface area contributed by atoms with Gasteiger partial charge in [-0.3, -0.25) is 0 Å². The molecular formula is C13H22N2S. The summed E-state index contributed by atoms with van der Waals surface area (Å²) in [7, 11) is 0. The van der Waals surface area contributed by atoms with Crippen LogP contribution >= 0.6 is 11.3 Å². The largest absolute Gasteiger partial charge is 0.312 e. The van der Waals surface area contributed by atoms with Gasteiger partial charge in [-0.05, 0) is 32.2 Å². The zero-order valence-electron chi connectivity index (χ0n) is 10.5. The number of aromatic nitrogens is 1. The van der Waals surface area contributed by atoms with Gasteiger partial charge in [0, 0.05) is 17.3 Å². The number of hydrogen-bond acceptors (Lipinski definition) is 3. The zero-order chi connectivity index (χ0) is 11.5. The molecule has 2 nitrogen and oxygen atoms in total. The van der Waals surface area contributed by atoms with Crippen molar-refractivity contribution >= 4 is 11.3 Å². The van der Waals surface area contributed by atoms with E-state index in [1.54, 1.807) is 0 Å². The standard InChI is InChI=1S/C13H22N2S/c1-9(2)7-14-8-12-10(3)15-13(16-12)11-5-4-6-11/h9,11,14H,4-8H2,1-3H3. The highest BCUT2D eigenvalue weighted by Gasteiger charge is 2.23. The fourth-order valence-corrected chi connectivity index (χ4v) is 3.12. The maximum atomic E-state index is 4.71. The van der Waals surface area contributed by atoms with E-state index in [9.17, 15) is 0 Å². The van der Waals surface area contributed by atoms with Crippen LogP contribution in [-0.4, -0.2) is 11.5 Å². The van der Waals surface area contributed by atoms with Crippen LogP contribution in [0.25, 0.3) is 0 Å². The molecule has 0 atom stereocenters. The van der Waals surface area contributed by atoms with E-state index in [2.05, 4.69) is 26.1 Å². The van der Waals surface area contributed by atoms with Crippen LogP contribution in [0.1, 0.15) is 54.6 Å². The molecule has 0 aliphatic heterocycles. The number of nitrogens with zero attached hydrogens (tertiary/aromatic N) is 1. The van der Waals surface area contributed by atoms with E-state index in [0.29, 0.717) is 0 Å². The third-order valence-corrected chi connectivity index (χ3v) is 4.52. The minimum atomic E-state index is 0.722. The summed E-state index contributed by atoms with van der Waals surface area (Å²) < 4.78 is 0. The smallest absolute Gasteiger partial charge is 0.0962 e. The molecule has 1 aromatic rings. The Morgan fingerprint density at radius 1 is 1.44 bits per heavy atom. The van der Waals surface area contributed by atoms with Crippen molar-refractivity contribution in [3.8, 4) is 0 Å². The Morgan fingerprint density at radius 2 is 2.19 bits per heavy atom. The van der Waals surface area contributed by atoms with Crippen LogP contribution in [0.15, 0.2) is 0 Å². The lowest BCUT2D eigenvalue weighted by Gasteiger charge is -2.22. The van der Waals surface area contributed by atoms with E-state index < -0.39 is 0 Å². The Labute approximate surface area is 102 Å². The first-order chi connectivity index (χ1) is 7.66. The van der Waals surface area contributed by atoms with E-state index >= 15 is 0 Å². The van der Waals surface area contributed by atoms with Crippen molar-refractivity contribution in [3.63, 3.8) is 0 Å². The summed E-state index contributed by atoms with van der Waals surface area (Å²) in [5, 5.41) is 4.88. The third kappa shape index (κ3) is 2.83. The molecule has 0 aromatic carbocycles. The van der Waals surface area contributed by atoms with Gasteiger partial charge in [-0.1, -0.05) is 20.3 Å². The second kappa shape index (κ2) is 5.28. The fraction of sp³-hybridized carbons (Fsp3) is 0.769. The topological polar surface area (TPSA) is 24.9 Å². The molecule has 16 heavy (non-hydrogen) atoms. The molecule has 0 saturated heterocycles. The minimum Gasteiger partial charge on any atom is -0.312 e. The van der Waals surface area contributed by atoms with Gasteiger partial charge in [0.05, 0.1) is 10.7 Å². The highest BCUT2D eigenvalue weighted by Crippen LogP contribution is 2.39. The Bertz CT molecular complexity index is 340. The van der Waals surface area contributed by atoms with Crippen LogP contribution in [0.5, 0.6) is 0 Å². The molecular weight excluding hydrogens is 216 g/mol. The molecule has 1 N–H and O–H groups in total. The molecule has 1 saturated carbocycles. The molecule has 1 aliphatic carbocycles. The summed E-state index contributed by atoms with van der Waals surface area (Å²) in [6.45, 7) is 8.72. The number of thiazole rings is 1. The molecule has 0 bridgehead atoms. The molecule has 2 rings (SSSR count). The predicted molar refractivity (Wildman–Crippen MR) is 70.0 cm³/mol. The van der Waals surface area contributed by atoms with Crippen molar-refractivity contribution in [3.05, 3.63) is 15.6 Å². The summed E-state index contributed by atoms with van der Waals surface area (Å²) in [5.41, 5.74) is 1.24. The van der Waals surface area contributed by atoms with Crippen molar-refractivity contribution in [2.45, 2.75) is 52.5 Å². The molecule has 1 aliphatic rings. The fourth-order valence-electron chi connectivity index (χ4n) is 1.92. The van der Waals surface area contributed by atoms with Crippen LogP contribution in [-0.2, 0) is 6.54 Å². The first kappa shape index (κ1) is 12.1. The van der Waals surface area contributed by atoms with E-state index in [1.165, 1.54) is 34.8 Å². The van der Waals surface area contributed by atoms with Gasteiger partial charge in [-0.25, -0.2) is 4.98 Å². The van der Waals surface area contributed by atoms with Crippen LogP contribution in [0.2, 0.25) is 0 Å². The highest BCUT2D eigenvalue weighted by atomic mass is 32.1. The van der Waals surface area contributed by atoms with Crippen LogP contribution in [0.4, 0.5) is 0 Å². The van der Waals surface area contributed by atoms with Crippen molar-refractivity contribution in [1.29, 1.82) is 0 Å². The lowest BCUT2D eigenvalue weighted by atomic mass is 9.86. The summed E-state index contributed by atoms with van der Waals surface area (Å²) in [6, 6.07) is 0. The molecule has 3 heteroatoms. The van der Waals surface area contributed by atoms with Crippen molar-refractivity contribution in [1.82, 2.24) is 10.3 Å². The van der Waals surface area contributed by atoms with E-state index in [4.69, 9.17) is 4.98 Å². The average molecular weight is 238 g/mol. The normalized spacial score (nSPS) is 16.8. The molecule has 1 fully saturated rings. The Hall–Kier alpha value is -0.410. The van der Waals surface area contributed by atoms with Gasteiger partial charge in [0.1, 0.15) is 0 Å². The summed E-state index contributed by atoms with van der Waals surface area (Å²) in [6.07, 6.45) is 4.10. The summed E-state index contributed by atoms with van der Waals surface area (Å²) in [5.74, 6) is 1.50. The Balaban J connectivity index is 1.90. The number of aryl methyl sites for hydroxylation is 1. The third-order valence-electron chi connectivity index (χ3n) is 3.20. The molecule has 1 aromatic heterocycles. The van der Waals surface area contributed by atoms with Crippen LogP contribution in [0.3, 0.4) is 0 Å². The maximum absolute atomic E-state index is 4.71.